The fraction of sp³-hybridized carbons (Fsp3) is 0.683. The van der Waals surface area contributed by atoms with Crippen LogP contribution in [0.4, 0.5) is 0 Å². The molecule has 5 N–H and O–H groups in total. The highest BCUT2D eigenvalue weighted by Crippen LogP contribution is 2.35. The van der Waals surface area contributed by atoms with E-state index >= 15 is 0 Å². The van der Waals surface area contributed by atoms with Crippen molar-refractivity contribution in [2.75, 3.05) is 25.4 Å². The number of amides is 5. The second-order valence-corrected chi connectivity index (χ2v) is 18.4. The molecule has 5 rings (SSSR count). The summed E-state index contributed by atoms with van der Waals surface area (Å²) < 4.78 is 0. The van der Waals surface area contributed by atoms with Gasteiger partial charge in [0.2, 0.25) is 29.5 Å². The molecule has 6 unspecified atom stereocenters. The van der Waals surface area contributed by atoms with E-state index in [0.717, 1.165) is 37.1 Å². The van der Waals surface area contributed by atoms with Crippen LogP contribution in [0.1, 0.15) is 109 Å². The zero-order chi connectivity index (χ0) is 42.3. The molecule has 4 aliphatic rings. The third-order valence-corrected chi connectivity index (χ3v) is 14.2. The second-order valence-electron chi connectivity index (χ2n) is 16.0. The second kappa shape index (κ2) is 23.0. The number of carbonyl (C=O) groups is 8. The van der Waals surface area contributed by atoms with Gasteiger partial charge in [-0.25, -0.2) is 9.78 Å². The number of hydrogen-bond donors (Lipinski definition) is 5. The molecule has 1 aromatic rings. The summed E-state index contributed by atoms with van der Waals surface area (Å²) in [5.41, 5.74) is 0. The molecule has 3 heterocycles. The van der Waals surface area contributed by atoms with Gasteiger partial charge in [0, 0.05) is 55.8 Å². The Bertz CT molecular complexity index is 1660. The number of rotatable bonds is 21. The first kappa shape index (κ1) is 45.9. The lowest BCUT2D eigenvalue weighted by atomic mass is 9.85. The van der Waals surface area contributed by atoms with Crippen LogP contribution in [0.15, 0.2) is 29.4 Å². The molecule has 1 aromatic heterocycles. The van der Waals surface area contributed by atoms with Gasteiger partial charge in [-0.1, -0.05) is 42.5 Å². The van der Waals surface area contributed by atoms with Crippen molar-refractivity contribution in [2.45, 2.75) is 138 Å². The summed E-state index contributed by atoms with van der Waals surface area (Å²) in [6.07, 6.45) is 10.5. The van der Waals surface area contributed by atoms with Crippen LogP contribution in [0.5, 0.6) is 0 Å². The van der Waals surface area contributed by atoms with Crippen LogP contribution < -0.4 is 16.0 Å². The third kappa shape index (κ3) is 13.1. The van der Waals surface area contributed by atoms with Crippen LogP contribution in [0.2, 0.25) is 0 Å². The first-order chi connectivity index (χ1) is 28.4. The number of aromatic nitrogens is 1. The van der Waals surface area contributed by atoms with Crippen LogP contribution in [0.3, 0.4) is 0 Å². The normalized spacial score (nSPS) is 23.0. The van der Waals surface area contributed by atoms with Gasteiger partial charge in [-0.3, -0.25) is 33.6 Å². The average molecular weight is 859 g/mol. The number of carboxylic acids is 2. The molecule has 2 aliphatic heterocycles. The lowest BCUT2D eigenvalue weighted by molar-refractivity contribution is -0.148. The maximum Gasteiger partial charge on any atom is 0.326 e. The van der Waals surface area contributed by atoms with Crippen LogP contribution in [0.25, 0.3) is 0 Å². The van der Waals surface area contributed by atoms with Crippen molar-refractivity contribution >= 4 is 68.8 Å². The van der Waals surface area contributed by atoms with Gasteiger partial charge in [0.25, 0.3) is 0 Å². The van der Waals surface area contributed by atoms with Gasteiger partial charge in [0.15, 0.2) is 5.78 Å². The molecule has 2 saturated heterocycles. The number of carboxylic acid groups (broad SMARTS) is 2. The Kier molecular flexibility index (Phi) is 17.9. The Morgan fingerprint density at radius 2 is 1.46 bits per heavy atom. The molecule has 5 amide bonds. The maximum absolute atomic E-state index is 14.3. The Labute approximate surface area is 352 Å². The number of unbranched alkanes of at least 4 members (excludes halogenated alkanes) is 1. The fourth-order valence-corrected chi connectivity index (χ4v) is 10.7. The van der Waals surface area contributed by atoms with E-state index in [1.165, 1.54) is 26.5 Å². The van der Waals surface area contributed by atoms with Crippen LogP contribution in [-0.2, 0) is 38.4 Å². The summed E-state index contributed by atoms with van der Waals surface area (Å²) in [6.45, 7) is 1.19. The van der Waals surface area contributed by atoms with E-state index in [1.807, 2.05) is 18.2 Å². The fourth-order valence-electron chi connectivity index (χ4n) is 8.86. The quantitative estimate of drug-likeness (QED) is 0.0881. The van der Waals surface area contributed by atoms with E-state index in [-0.39, 0.29) is 42.3 Å². The molecule has 0 radical (unpaired) electrons. The molecule has 324 valence electrons. The van der Waals surface area contributed by atoms with E-state index in [0.29, 0.717) is 83.2 Å². The number of likely N-dealkylation sites (tertiary alicyclic amines) is 2. The molecular weight excluding hydrogens is 801 g/mol. The summed E-state index contributed by atoms with van der Waals surface area (Å²) in [6, 6.07) is 1.40. The summed E-state index contributed by atoms with van der Waals surface area (Å²) in [4.78, 5) is 112. The lowest BCUT2D eigenvalue weighted by Gasteiger charge is -2.32. The highest BCUT2D eigenvalue weighted by molar-refractivity contribution is 8.76. The molecule has 18 heteroatoms. The van der Waals surface area contributed by atoms with Crippen molar-refractivity contribution in [3.8, 4) is 0 Å². The van der Waals surface area contributed by atoms with Crippen LogP contribution in [-0.4, -0.2) is 122 Å². The minimum Gasteiger partial charge on any atom is -0.481 e. The predicted octanol–water partition coefficient (Wildman–Crippen LogP) is 3.58. The number of pyridine rings is 1. The van der Waals surface area contributed by atoms with Gasteiger partial charge in [0.1, 0.15) is 23.2 Å². The summed E-state index contributed by atoms with van der Waals surface area (Å²) >= 11 is 0. The van der Waals surface area contributed by atoms with Crippen molar-refractivity contribution in [1.29, 1.82) is 0 Å². The third-order valence-electron chi connectivity index (χ3n) is 11.9. The number of ketones is 1. The molecule has 0 aromatic carbocycles. The Morgan fingerprint density at radius 3 is 2.17 bits per heavy atom. The molecule has 4 fully saturated rings. The number of nitrogens with one attached hydrogen (secondary N) is 3. The number of hydrogen-bond acceptors (Lipinski definition) is 11. The van der Waals surface area contributed by atoms with Crippen molar-refractivity contribution < 1.29 is 48.6 Å². The highest BCUT2D eigenvalue weighted by Gasteiger charge is 2.45. The first-order valence-electron chi connectivity index (χ1n) is 21.1. The molecule has 2 aliphatic carbocycles. The molecule has 16 nitrogen and oxygen atoms in total. The molecule has 0 bridgehead atoms. The largest absolute Gasteiger partial charge is 0.481 e. The predicted molar refractivity (Wildman–Crippen MR) is 220 cm³/mol. The zero-order valence-corrected chi connectivity index (χ0v) is 35.2. The number of Topliss-reactive ketones (excluding diaryl/α,β-unsaturated/α-hetero) is 1. The van der Waals surface area contributed by atoms with Gasteiger partial charge < -0.3 is 36.0 Å². The van der Waals surface area contributed by atoms with Gasteiger partial charge >= 0.3 is 11.9 Å². The minimum absolute atomic E-state index is 0.00586. The first-order valence-corrected chi connectivity index (χ1v) is 23.4. The minimum atomic E-state index is -1.66. The lowest BCUT2D eigenvalue weighted by Crippen LogP contribution is -2.55. The summed E-state index contributed by atoms with van der Waals surface area (Å²) in [5.74, 6) is -6.08. The highest BCUT2D eigenvalue weighted by atomic mass is 33.1. The topological polar surface area (TPSA) is 232 Å². The standard InChI is InChI=1S/C41H58N6O10S2/c48-34(19-24-58-59-33-18-5-7-20-42-33)46-22-10-17-32(46)40(55)47-23-9-16-31(47)39(54)44-29(15-4-6-21-43-37(52)26-11-2-1-3-12-26)36(51)27-13-8-14-28(27)38(53)45-30(41(56)57)25-35(49)50/h5,7,18,20,26-32H,1-4,6,8-17,19,21-25H2,(H,43,52)(H,44,54)(H,45,53)(H,49,50)(H,56,57). The molecule has 6 atom stereocenters. The Hall–Kier alpha value is -4.19. The molecule has 59 heavy (non-hydrogen) atoms. The van der Waals surface area contributed by atoms with E-state index in [2.05, 4.69) is 20.9 Å². The van der Waals surface area contributed by atoms with E-state index in [9.17, 15) is 43.5 Å². The van der Waals surface area contributed by atoms with Gasteiger partial charge in [-0.2, -0.15) is 0 Å². The molecular formula is C41H58N6O10S2. The zero-order valence-electron chi connectivity index (χ0n) is 33.5. The van der Waals surface area contributed by atoms with Crippen molar-refractivity contribution in [3.63, 3.8) is 0 Å². The number of carbonyl (C=O) groups excluding carboxylic acids is 6. The maximum atomic E-state index is 14.3. The SMILES string of the molecule is O=C(O)CC(NC(=O)C1CCCC1C(=O)C(CCCCNC(=O)C1CCCCC1)NC(=O)C1CCCN1C(=O)C1CCCN1C(=O)CCSSc1ccccn1)C(=O)O. The van der Waals surface area contributed by atoms with E-state index < -0.39 is 66.2 Å². The van der Waals surface area contributed by atoms with Gasteiger partial charge in [-0.05, 0) is 93.6 Å². The van der Waals surface area contributed by atoms with Crippen molar-refractivity contribution in [2.24, 2.45) is 17.8 Å². The van der Waals surface area contributed by atoms with Gasteiger partial charge in [0.05, 0.1) is 12.5 Å². The summed E-state index contributed by atoms with van der Waals surface area (Å²) in [7, 11) is 3.00. The van der Waals surface area contributed by atoms with E-state index in [1.54, 1.807) is 11.1 Å². The van der Waals surface area contributed by atoms with Crippen molar-refractivity contribution in [1.82, 2.24) is 30.7 Å². The average Bonchev–Trinajstić information content (AvgIpc) is 4.04. The molecule has 2 saturated carbocycles. The summed E-state index contributed by atoms with van der Waals surface area (Å²) in [5, 5.41) is 27.7. The Morgan fingerprint density at radius 1 is 0.746 bits per heavy atom. The smallest absolute Gasteiger partial charge is 0.326 e. The van der Waals surface area contributed by atoms with Crippen LogP contribution in [0, 0.1) is 17.8 Å². The monoisotopic (exact) mass is 858 g/mol. The van der Waals surface area contributed by atoms with Crippen LogP contribution >= 0.6 is 21.6 Å². The number of aliphatic carboxylic acids is 2. The van der Waals surface area contributed by atoms with E-state index in [4.69, 9.17) is 5.11 Å². The van der Waals surface area contributed by atoms with Crippen molar-refractivity contribution in [3.05, 3.63) is 24.4 Å². The Balaban J connectivity index is 1.21. The van der Waals surface area contributed by atoms with Gasteiger partial charge in [-0.15, -0.1) is 0 Å². The molecule has 0 spiro atoms. The number of nitrogens with zero attached hydrogens (tertiary/aromatic N) is 3.